The van der Waals surface area contributed by atoms with Gasteiger partial charge in [-0.25, -0.2) is 4.39 Å². The third-order valence-electron chi connectivity index (χ3n) is 7.19. The van der Waals surface area contributed by atoms with Gasteiger partial charge in [0.15, 0.2) is 11.5 Å². The van der Waals surface area contributed by atoms with Gasteiger partial charge >= 0.3 is 0 Å². The number of halogens is 1. The van der Waals surface area contributed by atoms with Crippen molar-refractivity contribution >= 4 is 5.91 Å². The maximum absolute atomic E-state index is 13.5. The van der Waals surface area contributed by atoms with E-state index in [4.69, 9.17) is 15.2 Å². The van der Waals surface area contributed by atoms with Gasteiger partial charge < -0.3 is 15.2 Å². The van der Waals surface area contributed by atoms with Gasteiger partial charge in [0, 0.05) is 24.7 Å². The molecule has 35 heavy (non-hydrogen) atoms. The third kappa shape index (κ3) is 5.03. The van der Waals surface area contributed by atoms with Crippen LogP contribution in [0.3, 0.4) is 0 Å². The van der Waals surface area contributed by atoms with Gasteiger partial charge in [-0.3, -0.25) is 9.69 Å². The molecule has 0 spiro atoms. The van der Waals surface area contributed by atoms with Gasteiger partial charge in [0.25, 0.3) is 0 Å². The number of carbonyl (C=O) groups is 1. The minimum atomic E-state index is -0.915. The first-order valence-electron chi connectivity index (χ1n) is 11.9. The molecule has 4 rings (SSSR count). The zero-order valence-electron chi connectivity index (χ0n) is 20.5. The van der Waals surface area contributed by atoms with E-state index < -0.39 is 5.41 Å². The summed E-state index contributed by atoms with van der Waals surface area (Å²) in [5, 5.41) is 0. The van der Waals surface area contributed by atoms with E-state index >= 15 is 0 Å². The highest BCUT2D eigenvalue weighted by Crippen LogP contribution is 2.40. The van der Waals surface area contributed by atoms with Gasteiger partial charge in [-0.15, -0.1) is 0 Å². The van der Waals surface area contributed by atoms with Crippen LogP contribution in [-0.4, -0.2) is 42.6 Å². The first kappa shape index (κ1) is 24.7. The van der Waals surface area contributed by atoms with Crippen molar-refractivity contribution in [2.24, 2.45) is 5.73 Å². The molecule has 184 valence electrons. The average molecular weight is 477 g/mol. The molecule has 5 nitrogen and oxygen atoms in total. The highest BCUT2D eigenvalue weighted by atomic mass is 19.1. The van der Waals surface area contributed by atoms with E-state index in [9.17, 15) is 9.18 Å². The van der Waals surface area contributed by atoms with Crippen LogP contribution in [0.4, 0.5) is 4.39 Å². The van der Waals surface area contributed by atoms with Crippen molar-refractivity contribution in [1.82, 2.24) is 4.90 Å². The molecular weight excluding hydrogens is 443 g/mol. The van der Waals surface area contributed by atoms with Crippen molar-refractivity contribution in [2.75, 3.05) is 20.2 Å². The molecule has 1 aliphatic heterocycles. The van der Waals surface area contributed by atoms with Crippen LogP contribution in [0.1, 0.15) is 37.8 Å². The highest BCUT2D eigenvalue weighted by molar-refractivity contribution is 5.90. The second kappa shape index (κ2) is 10.1. The van der Waals surface area contributed by atoms with E-state index in [0.29, 0.717) is 17.9 Å². The Morgan fingerprint density at radius 2 is 1.51 bits per heavy atom. The van der Waals surface area contributed by atoms with Gasteiger partial charge in [0.05, 0.1) is 12.5 Å². The Labute approximate surface area is 206 Å². The summed E-state index contributed by atoms with van der Waals surface area (Å²) in [4.78, 5) is 15.4. The Morgan fingerprint density at radius 1 is 0.943 bits per heavy atom. The van der Waals surface area contributed by atoms with E-state index in [-0.39, 0.29) is 23.4 Å². The number of primary amides is 1. The predicted octanol–water partition coefficient (Wildman–Crippen LogP) is 4.93. The summed E-state index contributed by atoms with van der Waals surface area (Å²) >= 11 is 0. The summed E-state index contributed by atoms with van der Waals surface area (Å²) in [6.07, 6.45) is 1.32. The Balaban J connectivity index is 1.48. The fourth-order valence-corrected chi connectivity index (χ4v) is 4.89. The molecule has 1 saturated heterocycles. The number of nitrogens with zero attached hydrogens (tertiary/aromatic N) is 1. The van der Waals surface area contributed by atoms with Crippen LogP contribution in [0, 0.1) is 5.82 Å². The van der Waals surface area contributed by atoms with Gasteiger partial charge in [0.2, 0.25) is 5.91 Å². The SMILES string of the molecule is COc1cc(F)ccc1OC1CN(C(C)(C)CCC(C(N)=O)(c2ccccc2)c2ccccc2)C1. The number of likely N-dealkylation sites (tertiary alicyclic amines) is 1. The van der Waals surface area contributed by atoms with Crippen LogP contribution >= 0.6 is 0 Å². The zero-order chi connectivity index (χ0) is 25.1. The zero-order valence-corrected chi connectivity index (χ0v) is 20.5. The Hall–Kier alpha value is -3.38. The summed E-state index contributed by atoms with van der Waals surface area (Å²) < 4.78 is 24.8. The number of hydrogen-bond donors (Lipinski definition) is 1. The van der Waals surface area contributed by atoms with Crippen molar-refractivity contribution in [2.45, 2.75) is 43.7 Å². The van der Waals surface area contributed by atoms with E-state index in [1.165, 1.54) is 19.2 Å². The van der Waals surface area contributed by atoms with Crippen molar-refractivity contribution in [1.29, 1.82) is 0 Å². The van der Waals surface area contributed by atoms with E-state index in [1.807, 2.05) is 60.7 Å². The number of rotatable bonds is 10. The molecule has 0 radical (unpaired) electrons. The van der Waals surface area contributed by atoms with E-state index in [1.54, 1.807) is 6.07 Å². The molecule has 3 aromatic carbocycles. The number of nitrogens with two attached hydrogens (primary N) is 1. The van der Waals surface area contributed by atoms with Crippen LogP contribution in [0.5, 0.6) is 11.5 Å². The number of methoxy groups -OCH3 is 1. The first-order valence-corrected chi connectivity index (χ1v) is 11.9. The standard InChI is InChI=1S/C29H33FN2O3/c1-28(2,32-19-24(20-32)35-25-15-14-23(30)18-26(25)34-3)16-17-29(27(31)33,21-10-6-4-7-11-21)22-12-8-5-9-13-22/h4-15,18,24H,16-17,19-20H2,1-3H3,(H2,31,33). The lowest BCUT2D eigenvalue weighted by Crippen LogP contribution is -2.62. The predicted molar refractivity (Wildman–Crippen MR) is 135 cm³/mol. The first-order chi connectivity index (χ1) is 16.8. The van der Waals surface area contributed by atoms with Gasteiger partial charge in [-0.2, -0.15) is 0 Å². The number of amides is 1. The van der Waals surface area contributed by atoms with Crippen molar-refractivity contribution in [3.8, 4) is 11.5 Å². The summed E-state index contributed by atoms with van der Waals surface area (Å²) in [5.41, 5.74) is 6.83. The molecular formula is C29H33FN2O3. The topological polar surface area (TPSA) is 64.8 Å². The van der Waals surface area contributed by atoms with Crippen LogP contribution in [-0.2, 0) is 10.2 Å². The molecule has 0 atom stereocenters. The fourth-order valence-electron chi connectivity index (χ4n) is 4.89. The molecule has 1 heterocycles. The average Bonchev–Trinajstić information content (AvgIpc) is 2.83. The number of hydrogen-bond acceptors (Lipinski definition) is 4. The monoisotopic (exact) mass is 476 g/mol. The minimum Gasteiger partial charge on any atom is -0.493 e. The van der Waals surface area contributed by atoms with Gasteiger partial charge in [-0.1, -0.05) is 60.7 Å². The van der Waals surface area contributed by atoms with Crippen molar-refractivity contribution in [3.05, 3.63) is 95.8 Å². The number of ether oxygens (including phenoxy) is 2. The molecule has 6 heteroatoms. The lowest BCUT2D eigenvalue weighted by Gasteiger charge is -2.49. The molecule has 3 aromatic rings. The molecule has 1 amide bonds. The second-order valence-corrected chi connectivity index (χ2v) is 9.75. The van der Waals surface area contributed by atoms with Crippen LogP contribution < -0.4 is 15.2 Å². The molecule has 1 fully saturated rings. The normalized spacial score (nSPS) is 14.9. The molecule has 2 N–H and O–H groups in total. The highest BCUT2D eigenvalue weighted by Gasteiger charge is 2.44. The molecule has 1 aliphatic rings. The maximum atomic E-state index is 13.5. The van der Waals surface area contributed by atoms with Crippen molar-refractivity contribution in [3.63, 3.8) is 0 Å². The minimum absolute atomic E-state index is 0.0159. The number of carbonyl (C=O) groups excluding carboxylic acids is 1. The largest absolute Gasteiger partial charge is 0.493 e. The molecule has 0 aromatic heterocycles. The second-order valence-electron chi connectivity index (χ2n) is 9.75. The Morgan fingerprint density at radius 3 is 2.03 bits per heavy atom. The Bertz CT molecular complexity index is 1110. The van der Waals surface area contributed by atoms with Crippen LogP contribution in [0.15, 0.2) is 78.9 Å². The van der Waals surface area contributed by atoms with Gasteiger partial charge in [-0.05, 0) is 49.9 Å². The summed E-state index contributed by atoms with van der Waals surface area (Å²) in [5.74, 6) is 0.219. The van der Waals surface area contributed by atoms with Crippen molar-refractivity contribution < 1.29 is 18.7 Å². The van der Waals surface area contributed by atoms with Crippen LogP contribution in [0.2, 0.25) is 0 Å². The van der Waals surface area contributed by atoms with Crippen LogP contribution in [0.25, 0.3) is 0 Å². The summed E-state index contributed by atoms with van der Waals surface area (Å²) in [6, 6.07) is 23.9. The third-order valence-corrected chi connectivity index (χ3v) is 7.19. The molecule has 0 bridgehead atoms. The fraction of sp³-hybridized carbons (Fsp3) is 0.345. The number of benzene rings is 3. The Kier molecular flexibility index (Phi) is 7.13. The molecule has 0 unspecified atom stereocenters. The molecule has 0 saturated carbocycles. The molecule has 0 aliphatic carbocycles. The quantitative estimate of drug-likeness (QED) is 0.451. The summed E-state index contributed by atoms with van der Waals surface area (Å²) in [7, 11) is 1.50. The lowest BCUT2D eigenvalue weighted by atomic mass is 9.69. The lowest BCUT2D eigenvalue weighted by molar-refractivity contribution is -0.122. The van der Waals surface area contributed by atoms with Gasteiger partial charge in [0.1, 0.15) is 11.9 Å². The van der Waals surface area contributed by atoms with E-state index in [2.05, 4.69) is 18.7 Å². The summed E-state index contributed by atoms with van der Waals surface area (Å²) in [6.45, 7) is 5.83. The van der Waals surface area contributed by atoms with E-state index in [0.717, 1.165) is 30.6 Å². The smallest absolute Gasteiger partial charge is 0.232 e. The maximum Gasteiger partial charge on any atom is 0.232 e.